The van der Waals surface area contributed by atoms with E-state index in [2.05, 4.69) is 15.2 Å². The first-order chi connectivity index (χ1) is 13.8. The Bertz CT molecular complexity index is 1030. The van der Waals surface area contributed by atoms with Crippen LogP contribution in [0.1, 0.15) is 66.8 Å². The van der Waals surface area contributed by atoms with E-state index in [9.17, 15) is 10.2 Å². The predicted octanol–water partition coefficient (Wildman–Crippen LogP) is 7.12. The van der Waals surface area contributed by atoms with Gasteiger partial charge >= 0.3 is 0 Å². The van der Waals surface area contributed by atoms with Crippen LogP contribution in [-0.2, 0) is 6.42 Å². The van der Waals surface area contributed by atoms with Gasteiger partial charge in [-0.3, -0.25) is 0 Å². The summed E-state index contributed by atoms with van der Waals surface area (Å²) >= 11 is 1.56. The molecule has 0 saturated carbocycles. The van der Waals surface area contributed by atoms with E-state index in [1.807, 2.05) is 64.3 Å². The molecule has 0 amide bonds. The minimum absolute atomic E-state index is 0.134. The van der Waals surface area contributed by atoms with Crippen molar-refractivity contribution in [2.75, 3.05) is 0 Å². The molecule has 5 nitrogen and oxygen atoms in total. The summed E-state index contributed by atoms with van der Waals surface area (Å²) in [5.74, 6) is 0.597. The van der Waals surface area contributed by atoms with E-state index < -0.39 is 0 Å². The van der Waals surface area contributed by atoms with Gasteiger partial charge in [-0.2, -0.15) is 0 Å². The molecule has 6 heteroatoms. The maximum Gasteiger partial charge on any atom is 0.146 e. The average Bonchev–Trinajstić information content (AvgIpc) is 3.16. The SMILES string of the molecule is Cc1ccc(C(C)C)c(O)c1N=Nc1c(Cc2nccs2)ccc(C(C)C)c1O. The zero-order chi connectivity index (χ0) is 21.1. The van der Waals surface area contributed by atoms with Crippen molar-refractivity contribution in [3.63, 3.8) is 0 Å². The van der Waals surface area contributed by atoms with Gasteiger partial charge in [-0.15, -0.1) is 21.6 Å². The van der Waals surface area contributed by atoms with E-state index in [0.717, 1.165) is 27.3 Å². The zero-order valence-corrected chi connectivity index (χ0v) is 18.3. The average molecular weight is 410 g/mol. The topological polar surface area (TPSA) is 78.1 Å². The van der Waals surface area contributed by atoms with Crippen LogP contribution in [0.2, 0.25) is 0 Å². The molecule has 0 aliphatic heterocycles. The van der Waals surface area contributed by atoms with Gasteiger partial charge in [0, 0.05) is 18.0 Å². The molecule has 0 spiro atoms. The zero-order valence-electron chi connectivity index (χ0n) is 17.5. The minimum atomic E-state index is 0.134. The molecule has 1 aromatic heterocycles. The molecule has 0 radical (unpaired) electrons. The molecule has 0 atom stereocenters. The highest BCUT2D eigenvalue weighted by molar-refractivity contribution is 7.09. The smallest absolute Gasteiger partial charge is 0.146 e. The number of benzene rings is 2. The normalized spacial score (nSPS) is 11.8. The molecule has 152 valence electrons. The largest absolute Gasteiger partial charge is 0.505 e. The first kappa shape index (κ1) is 21.0. The van der Waals surface area contributed by atoms with E-state index in [1.54, 1.807) is 17.5 Å². The number of aromatic nitrogens is 1. The predicted molar refractivity (Wildman–Crippen MR) is 118 cm³/mol. The van der Waals surface area contributed by atoms with Crippen molar-refractivity contribution in [1.82, 2.24) is 4.98 Å². The molecule has 2 N–H and O–H groups in total. The van der Waals surface area contributed by atoms with Crippen LogP contribution in [0.15, 0.2) is 46.1 Å². The van der Waals surface area contributed by atoms with Crippen LogP contribution in [0.3, 0.4) is 0 Å². The Hall–Kier alpha value is -2.73. The van der Waals surface area contributed by atoms with E-state index in [0.29, 0.717) is 17.8 Å². The number of phenolic OH excluding ortho intramolecular Hbond substituents is 2. The molecule has 0 aliphatic rings. The van der Waals surface area contributed by atoms with Gasteiger partial charge in [-0.25, -0.2) is 4.98 Å². The lowest BCUT2D eigenvalue weighted by atomic mass is 9.97. The Morgan fingerprint density at radius 3 is 2.07 bits per heavy atom. The van der Waals surface area contributed by atoms with Gasteiger partial charge in [0.2, 0.25) is 0 Å². The lowest BCUT2D eigenvalue weighted by Gasteiger charge is -2.14. The van der Waals surface area contributed by atoms with Crippen molar-refractivity contribution in [1.29, 1.82) is 0 Å². The second-order valence-electron chi connectivity index (χ2n) is 7.79. The monoisotopic (exact) mass is 409 g/mol. The molecule has 0 unspecified atom stereocenters. The highest BCUT2D eigenvalue weighted by Gasteiger charge is 2.17. The molecule has 0 aliphatic carbocycles. The van der Waals surface area contributed by atoms with Crippen LogP contribution in [-0.4, -0.2) is 15.2 Å². The summed E-state index contributed by atoms with van der Waals surface area (Å²) < 4.78 is 0. The van der Waals surface area contributed by atoms with Crippen LogP contribution in [0.5, 0.6) is 11.5 Å². The number of azo groups is 1. The Labute approximate surface area is 175 Å². The first-order valence-electron chi connectivity index (χ1n) is 9.76. The highest BCUT2D eigenvalue weighted by Crippen LogP contribution is 2.42. The van der Waals surface area contributed by atoms with Gasteiger partial charge in [0.05, 0.1) is 5.01 Å². The summed E-state index contributed by atoms with van der Waals surface area (Å²) in [5.41, 5.74) is 4.19. The van der Waals surface area contributed by atoms with E-state index in [1.165, 1.54) is 0 Å². The number of rotatable bonds is 6. The van der Waals surface area contributed by atoms with Gasteiger partial charge in [0.25, 0.3) is 0 Å². The maximum atomic E-state index is 10.9. The van der Waals surface area contributed by atoms with E-state index >= 15 is 0 Å². The standard InChI is InChI=1S/C23H27N3O2S/c1-13(2)17-8-6-15(5)20(22(17)27)25-26-21-16(12-19-24-10-11-29-19)7-9-18(14(3)4)23(21)28/h6-11,13-14,27-28H,12H2,1-5H3. The van der Waals surface area contributed by atoms with Crippen LogP contribution in [0.4, 0.5) is 11.4 Å². The Morgan fingerprint density at radius 1 is 0.897 bits per heavy atom. The molecule has 1 heterocycles. The van der Waals surface area contributed by atoms with Crippen LogP contribution in [0.25, 0.3) is 0 Å². The fraction of sp³-hybridized carbons (Fsp3) is 0.348. The number of hydrogen-bond acceptors (Lipinski definition) is 6. The maximum absolute atomic E-state index is 10.9. The lowest BCUT2D eigenvalue weighted by molar-refractivity contribution is 0.463. The third-order valence-corrected chi connectivity index (χ3v) is 5.75. The number of phenols is 2. The van der Waals surface area contributed by atoms with E-state index in [-0.39, 0.29) is 23.3 Å². The van der Waals surface area contributed by atoms with Crippen LogP contribution in [0, 0.1) is 6.92 Å². The summed E-state index contributed by atoms with van der Waals surface area (Å²) in [6, 6.07) is 7.76. The van der Waals surface area contributed by atoms with Crippen molar-refractivity contribution in [3.05, 3.63) is 63.1 Å². The quantitative estimate of drug-likeness (QED) is 0.426. The fourth-order valence-electron chi connectivity index (χ4n) is 3.25. The molecular formula is C23H27N3O2S. The summed E-state index contributed by atoms with van der Waals surface area (Å²) in [6.07, 6.45) is 2.33. The lowest BCUT2D eigenvalue weighted by Crippen LogP contribution is -1.94. The Morgan fingerprint density at radius 2 is 1.48 bits per heavy atom. The molecule has 0 fully saturated rings. The fourth-order valence-corrected chi connectivity index (χ4v) is 3.89. The third-order valence-electron chi connectivity index (χ3n) is 4.97. The van der Waals surface area contributed by atoms with Gasteiger partial charge in [-0.1, -0.05) is 52.0 Å². The number of aryl methyl sites for hydroxylation is 1. The Balaban J connectivity index is 2.10. The molecule has 0 saturated heterocycles. The number of nitrogens with zero attached hydrogens (tertiary/aromatic N) is 3. The summed E-state index contributed by atoms with van der Waals surface area (Å²) in [4.78, 5) is 4.34. The molecular weight excluding hydrogens is 382 g/mol. The third kappa shape index (κ3) is 4.48. The molecule has 3 aromatic rings. The molecule has 3 rings (SSSR count). The van der Waals surface area contributed by atoms with E-state index in [4.69, 9.17) is 0 Å². The molecule has 29 heavy (non-hydrogen) atoms. The van der Waals surface area contributed by atoms with Crippen molar-refractivity contribution in [3.8, 4) is 11.5 Å². The van der Waals surface area contributed by atoms with Crippen molar-refractivity contribution < 1.29 is 10.2 Å². The summed E-state index contributed by atoms with van der Waals surface area (Å²) in [7, 11) is 0. The van der Waals surface area contributed by atoms with Gasteiger partial charge in [-0.05, 0) is 41.0 Å². The minimum Gasteiger partial charge on any atom is -0.505 e. The number of thiazole rings is 1. The summed E-state index contributed by atoms with van der Waals surface area (Å²) in [5, 5.41) is 33.2. The van der Waals surface area contributed by atoms with Crippen molar-refractivity contribution >= 4 is 22.7 Å². The first-order valence-corrected chi connectivity index (χ1v) is 10.6. The van der Waals surface area contributed by atoms with Gasteiger partial charge < -0.3 is 10.2 Å². The van der Waals surface area contributed by atoms with Gasteiger partial charge in [0.15, 0.2) is 0 Å². The second-order valence-corrected chi connectivity index (χ2v) is 8.77. The number of hydrogen-bond donors (Lipinski definition) is 2. The van der Waals surface area contributed by atoms with Crippen molar-refractivity contribution in [2.45, 2.75) is 52.9 Å². The highest BCUT2D eigenvalue weighted by atomic mass is 32.1. The van der Waals surface area contributed by atoms with Crippen LogP contribution >= 0.6 is 11.3 Å². The van der Waals surface area contributed by atoms with Crippen molar-refractivity contribution in [2.24, 2.45) is 10.2 Å². The Kier molecular flexibility index (Phi) is 6.33. The molecule has 2 aromatic carbocycles. The van der Waals surface area contributed by atoms with Crippen LogP contribution < -0.4 is 0 Å². The van der Waals surface area contributed by atoms with Gasteiger partial charge in [0.1, 0.15) is 22.9 Å². The molecule has 0 bridgehead atoms. The summed E-state index contributed by atoms with van der Waals surface area (Å²) in [6.45, 7) is 9.99. The second kappa shape index (κ2) is 8.74. The number of aromatic hydroxyl groups is 2.